The Hall–Kier alpha value is -4.69. The summed E-state index contributed by atoms with van der Waals surface area (Å²) >= 11 is 0. The SMILES string of the molecule is Cc1cccc(-c2nc3cnn(C(C(=O)OCCOCCO)c4cc(-c5ccc(C6CC6)cc5C(F)(F)F)no4)cc-3n2)c1F. The summed E-state index contributed by atoms with van der Waals surface area (Å²) in [5.74, 6) is -1.27. The number of esters is 1. The Morgan fingerprint density at radius 3 is 2.62 bits per heavy atom. The second-order valence-corrected chi connectivity index (χ2v) is 10.6. The number of hydrogen-bond donors (Lipinski definition) is 1. The molecule has 0 amide bonds. The molecule has 0 saturated heterocycles. The van der Waals surface area contributed by atoms with Crippen LogP contribution < -0.4 is 0 Å². The summed E-state index contributed by atoms with van der Waals surface area (Å²) in [7, 11) is 0. The molecule has 0 radical (unpaired) electrons. The Morgan fingerprint density at radius 2 is 1.87 bits per heavy atom. The zero-order chi connectivity index (χ0) is 31.7. The van der Waals surface area contributed by atoms with Gasteiger partial charge >= 0.3 is 12.1 Å². The number of halogens is 4. The van der Waals surface area contributed by atoms with E-state index in [2.05, 4.69) is 20.2 Å². The maximum Gasteiger partial charge on any atom is 0.417 e. The molecule has 0 bridgehead atoms. The summed E-state index contributed by atoms with van der Waals surface area (Å²) in [6, 6.07) is 8.77. The predicted octanol–water partition coefficient (Wildman–Crippen LogP) is 5.59. The summed E-state index contributed by atoms with van der Waals surface area (Å²) in [4.78, 5) is 22.2. The molecule has 1 fully saturated rings. The van der Waals surface area contributed by atoms with E-state index in [0.29, 0.717) is 16.8 Å². The number of rotatable bonds is 11. The summed E-state index contributed by atoms with van der Waals surface area (Å²) in [6.07, 6.45) is -0.285. The number of fused-ring (bicyclic) bond motifs is 1. The van der Waals surface area contributed by atoms with Crippen molar-refractivity contribution < 1.29 is 41.5 Å². The van der Waals surface area contributed by atoms with Crippen LogP contribution in [0.4, 0.5) is 17.6 Å². The maximum atomic E-state index is 14.8. The fraction of sp³-hybridized carbons (Fsp3) is 0.323. The molecule has 0 spiro atoms. The number of ether oxygens (including phenoxy) is 2. The smallest absolute Gasteiger partial charge is 0.417 e. The van der Waals surface area contributed by atoms with Crippen LogP contribution >= 0.6 is 0 Å². The predicted molar refractivity (Wildman–Crippen MR) is 150 cm³/mol. The molecule has 45 heavy (non-hydrogen) atoms. The van der Waals surface area contributed by atoms with Crippen LogP contribution in [0.25, 0.3) is 34.0 Å². The van der Waals surface area contributed by atoms with Crippen molar-refractivity contribution in [3.05, 3.63) is 83.1 Å². The normalized spacial score (nSPS) is 14.2. The first kappa shape index (κ1) is 30.3. The van der Waals surface area contributed by atoms with Crippen LogP contribution in [-0.4, -0.2) is 62.4 Å². The lowest BCUT2D eigenvalue weighted by Crippen LogP contribution is -2.26. The summed E-state index contributed by atoms with van der Waals surface area (Å²) < 4.78 is 74.2. The van der Waals surface area contributed by atoms with Gasteiger partial charge in [0.25, 0.3) is 0 Å². The highest BCUT2D eigenvalue weighted by Gasteiger charge is 2.37. The number of benzene rings is 2. The minimum Gasteiger partial charge on any atom is -0.461 e. The lowest BCUT2D eigenvalue weighted by atomic mass is 9.98. The monoisotopic (exact) mass is 625 g/mol. The molecule has 2 aromatic carbocycles. The molecular weight excluding hydrogens is 598 g/mol. The maximum absolute atomic E-state index is 14.8. The molecule has 3 aromatic rings. The molecule has 1 atom stereocenters. The molecule has 3 heterocycles. The molecule has 3 aliphatic rings. The molecule has 2 aliphatic heterocycles. The quantitative estimate of drug-likeness (QED) is 0.114. The highest BCUT2D eigenvalue weighted by Crippen LogP contribution is 2.44. The van der Waals surface area contributed by atoms with E-state index in [1.807, 2.05) is 0 Å². The van der Waals surface area contributed by atoms with E-state index in [1.54, 1.807) is 31.2 Å². The number of aromatic nitrogens is 5. The second-order valence-electron chi connectivity index (χ2n) is 10.6. The van der Waals surface area contributed by atoms with E-state index in [9.17, 15) is 22.4 Å². The Bertz CT molecular complexity index is 1800. The molecule has 234 valence electrons. The van der Waals surface area contributed by atoms with Crippen molar-refractivity contribution in [2.75, 3.05) is 26.4 Å². The standard InChI is InChI=1S/C31H27F4N5O5/c1-17-3-2-4-21(27(17)32)29-37-24-15-36-40(16-25(24)38-29)28(30(42)44-12-11-43-10-9-41)26-14-23(39-45-26)20-8-7-19(18-5-6-18)13-22(20)31(33,34)35/h2-4,7-8,13-16,18,28,41H,5-6,9-12H2,1H3. The number of imidazole rings is 1. The number of aliphatic hydroxyl groups excluding tert-OH is 1. The number of aryl methyl sites for hydroxylation is 1. The number of nitrogens with zero attached hydrogens (tertiary/aromatic N) is 5. The van der Waals surface area contributed by atoms with Crippen LogP contribution in [-0.2, 0) is 20.4 Å². The molecule has 1 N–H and O–H groups in total. The van der Waals surface area contributed by atoms with E-state index in [4.69, 9.17) is 19.1 Å². The van der Waals surface area contributed by atoms with Crippen molar-refractivity contribution >= 4 is 5.97 Å². The van der Waals surface area contributed by atoms with Crippen molar-refractivity contribution in [3.63, 3.8) is 0 Å². The number of carbonyl (C=O) groups is 1. The van der Waals surface area contributed by atoms with Crippen LogP contribution in [0.1, 0.15) is 47.3 Å². The highest BCUT2D eigenvalue weighted by atomic mass is 19.4. The van der Waals surface area contributed by atoms with E-state index < -0.39 is 29.6 Å². The molecule has 1 aliphatic carbocycles. The zero-order valence-electron chi connectivity index (χ0n) is 23.9. The van der Waals surface area contributed by atoms with E-state index in [1.165, 1.54) is 24.5 Å². The highest BCUT2D eigenvalue weighted by molar-refractivity contribution is 5.78. The molecule has 6 rings (SSSR count). The van der Waals surface area contributed by atoms with Gasteiger partial charge in [-0.05, 0) is 48.9 Å². The average molecular weight is 626 g/mol. The molecule has 14 heteroatoms. The average Bonchev–Trinajstić information content (AvgIpc) is 3.61. The van der Waals surface area contributed by atoms with Crippen molar-refractivity contribution in [1.29, 1.82) is 0 Å². The third-order valence-corrected chi connectivity index (χ3v) is 7.38. The number of hydrogen-bond acceptors (Lipinski definition) is 9. The molecule has 1 unspecified atom stereocenters. The Labute approximate surface area is 254 Å². The van der Waals surface area contributed by atoms with Crippen LogP contribution in [0.15, 0.2) is 59.4 Å². The third-order valence-electron chi connectivity index (χ3n) is 7.38. The summed E-state index contributed by atoms with van der Waals surface area (Å²) in [5, 5.41) is 17.0. The number of carbonyl (C=O) groups excluding carboxylic acids is 1. The van der Waals surface area contributed by atoms with E-state index in [-0.39, 0.29) is 66.4 Å². The minimum absolute atomic E-state index is 0.0141. The van der Waals surface area contributed by atoms with Gasteiger partial charge in [0.15, 0.2) is 11.6 Å². The largest absolute Gasteiger partial charge is 0.461 e. The molecule has 10 nitrogen and oxygen atoms in total. The van der Waals surface area contributed by atoms with Gasteiger partial charge in [-0.25, -0.2) is 23.8 Å². The van der Waals surface area contributed by atoms with Gasteiger partial charge in [-0.15, -0.1) is 0 Å². The van der Waals surface area contributed by atoms with E-state index >= 15 is 0 Å². The van der Waals surface area contributed by atoms with Gasteiger partial charge in [0.2, 0.25) is 6.04 Å². The minimum atomic E-state index is -4.65. The van der Waals surface area contributed by atoms with Gasteiger partial charge in [-0.2, -0.15) is 18.3 Å². The molecular formula is C31H27F4N5O5. The van der Waals surface area contributed by atoms with Crippen LogP contribution in [0.2, 0.25) is 0 Å². The zero-order valence-corrected chi connectivity index (χ0v) is 23.9. The molecule has 1 saturated carbocycles. The second kappa shape index (κ2) is 12.4. The van der Waals surface area contributed by atoms with Gasteiger partial charge in [0.05, 0.1) is 43.3 Å². The van der Waals surface area contributed by atoms with Crippen molar-refractivity contribution in [1.82, 2.24) is 24.9 Å². The Balaban J connectivity index is 1.37. The number of aliphatic hydroxyl groups is 1. The Kier molecular flexibility index (Phi) is 8.34. The third kappa shape index (κ3) is 6.42. The fourth-order valence-electron chi connectivity index (χ4n) is 4.96. The van der Waals surface area contributed by atoms with Gasteiger partial charge in [-0.1, -0.05) is 29.4 Å². The van der Waals surface area contributed by atoms with Gasteiger partial charge < -0.3 is 19.1 Å². The summed E-state index contributed by atoms with van der Waals surface area (Å²) in [6.45, 7) is 1.24. The lowest BCUT2D eigenvalue weighted by Gasteiger charge is -2.16. The summed E-state index contributed by atoms with van der Waals surface area (Å²) in [5.41, 5.74) is 0.593. The van der Waals surface area contributed by atoms with Crippen molar-refractivity contribution in [2.45, 2.75) is 37.9 Å². The van der Waals surface area contributed by atoms with Crippen LogP contribution in [0.5, 0.6) is 0 Å². The van der Waals surface area contributed by atoms with Gasteiger partial charge in [0, 0.05) is 11.6 Å². The van der Waals surface area contributed by atoms with E-state index in [0.717, 1.165) is 23.6 Å². The lowest BCUT2D eigenvalue weighted by molar-refractivity contribution is -0.148. The van der Waals surface area contributed by atoms with Gasteiger partial charge in [0.1, 0.15) is 29.5 Å². The molecule has 1 aromatic heterocycles. The van der Waals surface area contributed by atoms with Crippen LogP contribution in [0, 0.1) is 12.7 Å². The first-order chi connectivity index (χ1) is 21.6. The first-order valence-electron chi connectivity index (χ1n) is 14.1. The first-order valence-corrected chi connectivity index (χ1v) is 14.1. The van der Waals surface area contributed by atoms with Crippen molar-refractivity contribution in [3.8, 4) is 34.0 Å². The topological polar surface area (TPSA) is 125 Å². The van der Waals surface area contributed by atoms with Crippen molar-refractivity contribution in [2.24, 2.45) is 0 Å². The van der Waals surface area contributed by atoms with Crippen LogP contribution in [0.3, 0.4) is 0 Å². The fourth-order valence-corrected chi connectivity index (χ4v) is 4.96. The number of alkyl halides is 3. The Morgan fingerprint density at radius 1 is 1.07 bits per heavy atom. The van der Waals surface area contributed by atoms with Gasteiger partial charge in [-0.3, -0.25) is 0 Å².